The summed E-state index contributed by atoms with van der Waals surface area (Å²) < 4.78 is 0. The molecule has 108 valence electrons. The normalized spacial score (nSPS) is 27.5. The fourth-order valence-electron chi connectivity index (χ4n) is 2.70. The average molecular weight is 254 g/mol. The summed E-state index contributed by atoms with van der Waals surface area (Å²) >= 11 is 0. The summed E-state index contributed by atoms with van der Waals surface area (Å²) in [5.74, 6) is 0.946. The number of hydrogen-bond donors (Lipinski definition) is 1. The Morgan fingerprint density at radius 1 is 1.22 bits per heavy atom. The molecule has 0 aromatic heterocycles. The van der Waals surface area contributed by atoms with Crippen molar-refractivity contribution in [3.8, 4) is 0 Å². The summed E-state index contributed by atoms with van der Waals surface area (Å²) in [4.78, 5) is 2.60. The molecule has 1 unspecified atom stereocenters. The molecule has 2 heteroatoms. The average Bonchev–Trinajstić information content (AvgIpc) is 2.36. The Balaban J connectivity index is 2.34. The van der Waals surface area contributed by atoms with E-state index >= 15 is 0 Å². The molecule has 0 amide bonds. The molecule has 1 N–H and O–H groups in total. The summed E-state index contributed by atoms with van der Waals surface area (Å²) in [6.07, 6.45) is 6.79. The zero-order valence-electron chi connectivity index (χ0n) is 13.4. The van der Waals surface area contributed by atoms with Crippen LogP contribution in [0.4, 0.5) is 0 Å². The highest BCUT2D eigenvalue weighted by atomic mass is 15.2. The standard InChI is InChI=1S/C16H34N2/c1-7-16(4,5)17-12-14(3)18(6)15-10-8-13(2)9-11-15/h13-15,17H,7-12H2,1-6H3. The number of rotatable bonds is 6. The van der Waals surface area contributed by atoms with Crippen molar-refractivity contribution in [2.75, 3.05) is 13.6 Å². The van der Waals surface area contributed by atoms with Crippen LogP contribution in [0.5, 0.6) is 0 Å². The summed E-state index contributed by atoms with van der Waals surface area (Å²) in [6, 6.07) is 1.44. The minimum absolute atomic E-state index is 0.274. The van der Waals surface area contributed by atoms with Crippen LogP contribution in [0.2, 0.25) is 0 Å². The Hall–Kier alpha value is -0.0800. The van der Waals surface area contributed by atoms with Crippen LogP contribution in [0.25, 0.3) is 0 Å². The van der Waals surface area contributed by atoms with E-state index in [4.69, 9.17) is 0 Å². The van der Waals surface area contributed by atoms with Crippen molar-refractivity contribution >= 4 is 0 Å². The van der Waals surface area contributed by atoms with Gasteiger partial charge in [-0.05, 0) is 65.8 Å². The lowest BCUT2D eigenvalue weighted by molar-refractivity contribution is 0.124. The molecule has 2 nitrogen and oxygen atoms in total. The third-order valence-corrected chi connectivity index (χ3v) is 5.02. The predicted octanol–water partition coefficient (Wildman–Crippen LogP) is 3.66. The molecule has 0 heterocycles. The first-order valence-corrected chi connectivity index (χ1v) is 7.82. The maximum atomic E-state index is 3.70. The Morgan fingerprint density at radius 2 is 1.78 bits per heavy atom. The molecule has 0 aromatic carbocycles. The number of hydrogen-bond acceptors (Lipinski definition) is 2. The number of nitrogens with one attached hydrogen (secondary N) is 1. The van der Waals surface area contributed by atoms with Gasteiger partial charge in [-0.3, -0.25) is 4.90 Å². The van der Waals surface area contributed by atoms with E-state index in [-0.39, 0.29) is 5.54 Å². The van der Waals surface area contributed by atoms with E-state index < -0.39 is 0 Å². The SMILES string of the molecule is CCC(C)(C)NCC(C)N(C)C1CCC(C)CC1. The molecule has 1 fully saturated rings. The maximum Gasteiger partial charge on any atom is 0.0192 e. The minimum Gasteiger partial charge on any atom is -0.310 e. The lowest BCUT2D eigenvalue weighted by atomic mass is 9.86. The first kappa shape index (κ1) is 16.0. The van der Waals surface area contributed by atoms with Crippen LogP contribution in [0.1, 0.15) is 66.7 Å². The fraction of sp³-hybridized carbons (Fsp3) is 1.00. The second-order valence-corrected chi connectivity index (χ2v) is 7.05. The fourth-order valence-corrected chi connectivity index (χ4v) is 2.70. The summed E-state index contributed by atoms with van der Waals surface area (Å²) in [6.45, 7) is 12.7. The first-order valence-electron chi connectivity index (χ1n) is 7.82. The van der Waals surface area contributed by atoms with E-state index in [1.54, 1.807) is 0 Å². The monoisotopic (exact) mass is 254 g/mol. The number of likely N-dealkylation sites (N-methyl/N-ethyl adjacent to an activating group) is 1. The van der Waals surface area contributed by atoms with Crippen molar-refractivity contribution in [1.82, 2.24) is 10.2 Å². The van der Waals surface area contributed by atoms with Gasteiger partial charge < -0.3 is 5.32 Å². The van der Waals surface area contributed by atoms with E-state index in [0.717, 1.165) is 18.5 Å². The maximum absolute atomic E-state index is 3.70. The van der Waals surface area contributed by atoms with Crippen LogP contribution in [0, 0.1) is 5.92 Å². The molecule has 0 bridgehead atoms. The van der Waals surface area contributed by atoms with Gasteiger partial charge in [0.05, 0.1) is 0 Å². The van der Waals surface area contributed by atoms with Gasteiger partial charge in [0.1, 0.15) is 0 Å². The highest BCUT2D eigenvalue weighted by Gasteiger charge is 2.25. The second-order valence-electron chi connectivity index (χ2n) is 7.05. The molecule has 0 aromatic rings. The third-order valence-electron chi connectivity index (χ3n) is 5.02. The molecule has 0 spiro atoms. The minimum atomic E-state index is 0.274. The van der Waals surface area contributed by atoms with Crippen molar-refractivity contribution in [3.05, 3.63) is 0 Å². The van der Waals surface area contributed by atoms with E-state index in [2.05, 4.69) is 51.9 Å². The molecule has 1 aliphatic carbocycles. The van der Waals surface area contributed by atoms with Crippen molar-refractivity contribution in [2.45, 2.75) is 84.3 Å². The molecule has 1 atom stereocenters. The van der Waals surface area contributed by atoms with Crippen molar-refractivity contribution in [3.63, 3.8) is 0 Å². The smallest absolute Gasteiger partial charge is 0.0192 e. The van der Waals surface area contributed by atoms with Gasteiger partial charge in [-0.1, -0.05) is 13.8 Å². The van der Waals surface area contributed by atoms with Gasteiger partial charge in [-0.15, -0.1) is 0 Å². The van der Waals surface area contributed by atoms with Gasteiger partial charge in [0.25, 0.3) is 0 Å². The van der Waals surface area contributed by atoms with Crippen LogP contribution in [0.3, 0.4) is 0 Å². The molecule has 18 heavy (non-hydrogen) atoms. The van der Waals surface area contributed by atoms with Crippen molar-refractivity contribution in [1.29, 1.82) is 0 Å². The Labute approximate surface area is 115 Å². The third kappa shape index (κ3) is 4.89. The van der Waals surface area contributed by atoms with Crippen LogP contribution in [-0.2, 0) is 0 Å². The molecular weight excluding hydrogens is 220 g/mol. The van der Waals surface area contributed by atoms with Gasteiger partial charge >= 0.3 is 0 Å². The van der Waals surface area contributed by atoms with Crippen LogP contribution < -0.4 is 5.32 Å². The predicted molar refractivity (Wildman–Crippen MR) is 81.0 cm³/mol. The molecule has 0 saturated heterocycles. The van der Waals surface area contributed by atoms with E-state index in [1.165, 1.54) is 32.1 Å². The van der Waals surface area contributed by atoms with Crippen LogP contribution >= 0.6 is 0 Å². The van der Waals surface area contributed by atoms with E-state index in [1.807, 2.05) is 0 Å². The molecule has 1 rings (SSSR count). The quantitative estimate of drug-likeness (QED) is 0.778. The largest absolute Gasteiger partial charge is 0.310 e. The van der Waals surface area contributed by atoms with Crippen molar-refractivity contribution in [2.24, 2.45) is 5.92 Å². The van der Waals surface area contributed by atoms with Gasteiger partial charge in [0, 0.05) is 24.2 Å². The van der Waals surface area contributed by atoms with Crippen molar-refractivity contribution < 1.29 is 0 Å². The lowest BCUT2D eigenvalue weighted by Crippen LogP contribution is -2.49. The van der Waals surface area contributed by atoms with Gasteiger partial charge in [-0.25, -0.2) is 0 Å². The zero-order chi connectivity index (χ0) is 13.8. The van der Waals surface area contributed by atoms with Gasteiger partial charge in [-0.2, -0.15) is 0 Å². The van der Waals surface area contributed by atoms with Crippen LogP contribution in [0.15, 0.2) is 0 Å². The summed E-state index contributed by atoms with van der Waals surface area (Å²) in [5.41, 5.74) is 0.274. The molecule has 1 saturated carbocycles. The van der Waals surface area contributed by atoms with E-state index in [0.29, 0.717) is 6.04 Å². The first-order chi connectivity index (χ1) is 8.35. The second kappa shape index (κ2) is 6.91. The molecule has 0 aliphatic heterocycles. The Bertz CT molecular complexity index is 229. The molecule has 0 radical (unpaired) electrons. The zero-order valence-corrected chi connectivity index (χ0v) is 13.4. The Kier molecular flexibility index (Phi) is 6.13. The van der Waals surface area contributed by atoms with Gasteiger partial charge in [0.15, 0.2) is 0 Å². The molecular formula is C16H34N2. The topological polar surface area (TPSA) is 15.3 Å². The summed E-state index contributed by atoms with van der Waals surface area (Å²) in [5, 5.41) is 3.70. The summed E-state index contributed by atoms with van der Waals surface area (Å²) in [7, 11) is 2.31. The van der Waals surface area contributed by atoms with E-state index in [9.17, 15) is 0 Å². The van der Waals surface area contributed by atoms with Gasteiger partial charge in [0.2, 0.25) is 0 Å². The highest BCUT2D eigenvalue weighted by molar-refractivity contribution is 4.83. The Morgan fingerprint density at radius 3 is 2.28 bits per heavy atom. The van der Waals surface area contributed by atoms with Crippen LogP contribution in [-0.4, -0.2) is 36.1 Å². The molecule has 1 aliphatic rings. The lowest BCUT2D eigenvalue weighted by Gasteiger charge is -2.38. The number of nitrogens with zero attached hydrogens (tertiary/aromatic N) is 1. The highest BCUT2D eigenvalue weighted by Crippen LogP contribution is 2.27.